The van der Waals surface area contributed by atoms with E-state index in [1.165, 1.54) is 0 Å². The molecule has 1 saturated carbocycles. The number of hydrogen-bond donors (Lipinski definition) is 0. The molecule has 5 nitrogen and oxygen atoms in total. The lowest BCUT2D eigenvalue weighted by molar-refractivity contribution is 0.0763. The minimum Gasteiger partial charge on any atom is -0.492 e. The van der Waals surface area contributed by atoms with Crippen LogP contribution in [0, 0.1) is 0 Å². The largest absolute Gasteiger partial charge is 0.492 e. The van der Waals surface area contributed by atoms with Crippen molar-refractivity contribution >= 4 is 5.91 Å². The van der Waals surface area contributed by atoms with Crippen molar-refractivity contribution in [3.05, 3.63) is 47.9 Å². The van der Waals surface area contributed by atoms with Crippen molar-refractivity contribution in [3.63, 3.8) is 0 Å². The smallest absolute Gasteiger partial charge is 0.275 e. The average molecular weight is 286 g/mol. The summed E-state index contributed by atoms with van der Waals surface area (Å²) in [5, 5.41) is 3.86. The molecule has 2 aromatic rings. The Morgan fingerprint density at radius 3 is 2.86 bits per heavy atom. The van der Waals surface area contributed by atoms with Crippen LogP contribution >= 0.6 is 0 Å². The summed E-state index contributed by atoms with van der Waals surface area (Å²) in [6.07, 6.45) is 2.26. The highest BCUT2D eigenvalue weighted by molar-refractivity contribution is 5.92. The number of ether oxygens (including phenoxy) is 1. The maximum Gasteiger partial charge on any atom is 0.275 e. The van der Waals surface area contributed by atoms with Crippen LogP contribution in [0.2, 0.25) is 0 Å². The first-order valence-electron chi connectivity index (χ1n) is 7.14. The number of nitrogens with zero attached hydrogens (tertiary/aromatic N) is 2. The highest BCUT2D eigenvalue weighted by atomic mass is 16.5. The quantitative estimate of drug-likeness (QED) is 0.819. The molecule has 0 saturated heterocycles. The fraction of sp³-hybridized carbons (Fsp3) is 0.375. The summed E-state index contributed by atoms with van der Waals surface area (Å²) < 4.78 is 10.8. The number of carbonyl (C=O) groups is 1. The van der Waals surface area contributed by atoms with Gasteiger partial charge in [-0.15, -0.1) is 0 Å². The molecule has 0 atom stereocenters. The molecule has 3 rings (SSSR count). The fourth-order valence-electron chi connectivity index (χ4n) is 2.06. The Labute approximate surface area is 123 Å². The lowest BCUT2D eigenvalue weighted by atomic mass is 10.2. The first-order chi connectivity index (χ1) is 10.2. The first-order valence-corrected chi connectivity index (χ1v) is 7.14. The molecular weight excluding hydrogens is 268 g/mol. The number of carbonyl (C=O) groups excluding carboxylic acids is 1. The van der Waals surface area contributed by atoms with Crippen molar-refractivity contribution < 1.29 is 14.1 Å². The van der Waals surface area contributed by atoms with Gasteiger partial charge >= 0.3 is 0 Å². The normalized spacial score (nSPS) is 14.0. The molecule has 21 heavy (non-hydrogen) atoms. The first kappa shape index (κ1) is 13.7. The number of amides is 1. The van der Waals surface area contributed by atoms with E-state index in [4.69, 9.17) is 9.26 Å². The van der Waals surface area contributed by atoms with E-state index >= 15 is 0 Å². The van der Waals surface area contributed by atoms with Gasteiger partial charge < -0.3 is 14.2 Å². The lowest BCUT2D eigenvalue weighted by Gasteiger charge is -2.15. The summed E-state index contributed by atoms with van der Waals surface area (Å²) in [5.41, 5.74) is 0.374. The van der Waals surface area contributed by atoms with Gasteiger partial charge in [-0.2, -0.15) is 0 Å². The molecule has 0 bridgehead atoms. The van der Waals surface area contributed by atoms with Gasteiger partial charge in [-0.3, -0.25) is 4.79 Å². The van der Waals surface area contributed by atoms with Crippen LogP contribution in [-0.2, 0) is 0 Å². The van der Waals surface area contributed by atoms with Gasteiger partial charge in [0.05, 0.1) is 6.54 Å². The monoisotopic (exact) mass is 286 g/mol. The number of likely N-dealkylation sites (N-methyl/N-ethyl adjacent to an activating group) is 1. The number of para-hydroxylation sites is 1. The summed E-state index contributed by atoms with van der Waals surface area (Å²) in [5.74, 6) is 1.95. The van der Waals surface area contributed by atoms with Crippen molar-refractivity contribution in [3.8, 4) is 5.75 Å². The van der Waals surface area contributed by atoms with Crippen molar-refractivity contribution in [2.24, 2.45) is 0 Å². The second-order valence-corrected chi connectivity index (χ2v) is 5.28. The molecule has 1 aliphatic carbocycles. The van der Waals surface area contributed by atoms with Crippen LogP contribution in [-0.4, -0.2) is 36.2 Å². The van der Waals surface area contributed by atoms with Crippen molar-refractivity contribution in [2.45, 2.75) is 18.8 Å². The zero-order valence-corrected chi connectivity index (χ0v) is 12.0. The Morgan fingerprint density at radius 2 is 2.14 bits per heavy atom. The van der Waals surface area contributed by atoms with E-state index in [1.54, 1.807) is 18.0 Å². The highest BCUT2D eigenvalue weighted by Crippen LogP contribution is 2.40. The molecule has 0 aliphatic heterocycles. The van der Waals surface area contributed by atoms with Crippen LogP contribution in [0.1, 0.15) is 35.0 Å². The average Bonchev–Trinajstić information content (AvgIpc) is 3.25. The summed E-state index contributed by atoms with van der Waals surface area (Å²) in [6.45, 7) is 0.943. The number of hydrogen-bond acceptors (Lipinski definition) is 4. The Kier molecular flexibility index (Phi) is 3.90. The molecule has 110 valence electrons. The number of benzene rings is 1. The van der Waals surface area contributed by atoms with Crippen LogP contribution < -0.4 is 4.74 Å². The van der Waals surface area contributed by atoms with Gasteiger partial charge in [0.15, 0.2) is 5.69 Å². The number of rotatable bonds is 6. The molecule has 1 amide bonds. The van der Waals surface area contributed by atoms with E-state index in [-0.39, 0.29) is 5.91 Å². The molecule has 1 fully saturated rings. The van der Waals surface area contributed by atoms with E-state index in [0.717, 1.165) is 24.4 Å². The maximum absolute atomic E-state index is 12.2. The van der Waals surface area contributed by atoms with Gasteiger partial charge in [-0.05, 0) is 25.0 Å². The van der Waals surface area contributed by atoms with E-state index in [1.807, 2.05) is 30.3 Å². The van der Waals surface area contributed by atoms with Crippen LogP contribution in [0.15, 0.2) is 40.9 Å². The molecule has 1 aromatic carbocycles. The SMILES string of the molecule is CN(CCOc1ccccc1)C(=O)c1cc(C2CC2)on1. The standard InChI is InChI=1S/C16H18N2O3/c1-18(9-10-20-13-5-3-2-4-6-13)16(19)14-11-15(21-17-14)12-7-8-12/h2-6,11-12H,7-10H2,1H3. The molecule has 1 heterocycles. The second kappa shape index (κ2) is 5.99. The van der Waals surface area contributed by atoms with Gasteiger partial charge in [0, 0.05) is 19.0 Å². The minimum atomic E-state index is -0.137. The predicted octanol–water partition coefficient (Wildman–Crippen LogP) is 2.70. The van der Waals surface area contributed by atoms with Crippen LogP contribution in [0.4, 0.5) is 0 Å². The van der Waals surface area contributed by atoms with E-state index < -0.39 is 0 Å². The van der Waals surface area contributed by atoms with E-state index in [9.17, 15) is 4.79 Å². The van der Waals surface area contributed by atoms with Crippen LogP contribution in [0.5, 0.6) is 5.75 Å². The summed E-state index contributed by atoms with van der Waals surface area (Å²) in [7, 11) is 1.74. The van der Waals surface area contributed by atoms with Gasteiger partial charge in [0.2, 0.25) is 0 Å². The molecule has 0 unspecified atom stereocenters. The Hall–Kier alpha value is -2.30. The molecule has 5 heteroatoms. The fourth-order valence-corrected chi connectivity index (χ4v) is 2.06. The molecule has 0 spiro atoms. The second-order valence-electron chi connectivity index (χ2n) is 5.28. The summed E-state index contributed by atoms with van der Waals surface area (Å²) in [4.78, 5) is 13.8. The zero-order valence-electron chi connectivity index (χ0n) is 12.0. The van der Waals surface area contributed by atoms with Gasteiger partial charge in [0.1, 0.15) is 18.1 Å². The van der Waals surface area contributed by atoms with E-state index in [0.29, 0.717) is 24.8 Å². The molecule has 1 aliphatic rings. The van der Waals surface area contributed by atoms with Crippen molar-refractivity contribution in [1.29, 1.82) is 0 Å². The lowest BCUT2D eigenvalue weighted by Crippen LogP contribution is -2.31. The van der Waals surface area contributed by atoms with Crippen LogP contribution in [0.25, 0.3) is 0 Å². The van der Waals surface area contributed by atoms with Crippen molar-refractivity contribution in [1.82, 2.24) is 10.1 Å². The van der Waals surface area contributed by atoms with Gasteiger partial charge in [-0.1, -0.05) is 23.4 Å². The maximum atomic E-state index is 12.2. The highest BCUT2D eigenvalue weighted by Gasteiger charge is 2.29. The summed E-state index contributed by atoms with van der Waals surface area (Å²) >= 11 is 0. The molecule has 0 radical (unpaired) electrons. The van der Waals surface area contributed by atoms with Gasteiger partial charge in [-0.25, -0.2) is 0 Å². The molecule has 1 aromatic heterocycles. The van der Waals surface area contributed by atoms with Crippen molar-refractivity contribution in [2.75, 3.05) is 20.2 Å². The zero-order chi connectivity index (χ0) is 14.7. The Morgan fingerprint density at radius 1 is 1.38 bits per heavy atom. The minimum absolute atomic E-state index is 0.137. The topological polar surface area (TPSA) is 55.6 Å². The Bertz CT molecular complexity index is 605. The molecular formula is C16H18N2O3. The predicted molar refractivity (Wildman–Crippen MR) is 77.4 cm³/mol. The van der Waals surface area contributed by atoms with Gasteiger partial charge in [0.25, 0.3) is 5.91 Å². The third kappa shape index (κ3) is 3.42. The van der Waals surface area contributed by atoms with Crippen LogP contribution in [0.3, 0.4) is 0 Å². The third-order valence-electron chi connectivity index (χ3n) is 3.51. The Balaban J connectivity index is 1.49. The number of aromatic nitrogens is 1. The third-order valence-corrected chi connectivity index (χ3v) is 3.51. The molecule has 0 N–H and O–H groups in total. The van der Waals surface area contributed by atoms with E-state index in [2.05, 4.69) is 5.16 Å². The summed E-state index contributed by atoms with van der Waals surface area (Å²) in [6, 6.07) is 11.3.